The number of nitrogens with zero attached hydrogens (tertiary/aromatic N) is 3. The Kier molecular flexibility index (Phi) is 4.34. The van der Waals surface area contributed by atoms with E-state index in [0.717, 1.165) is 24.1 Å². The summed E-state index contributed by atoms with van der Waals surface area (Å²) in [6.45, 7) is 3.59. The summed E-state index contributed by atoms with van der Waals surface area (Å²) in [6.07, 6.45) is 3.18. The summed E-state index contributed by atoms with van der Waals surface area (Å²) in [7, 11) is 0. The number of halogens is 1. The van der Waals surface area contributed by atoms with E-state index in [1.165, 1.54) is 23.0 Å². The molecule has 2 heterocycles. The fraction of sp³-hybridized carbons (Fsp3) is 0.471. The van der Waals surface area contributed by atoms with Gasteiger partial charge in [0, 0.05) is 29.3 Å². The first-order valence-electron chi connectivity index (χ1n) is 8.08. The molecule has 0 aliphatic heterocycles. The molecule has 2 atom stereocenters. The van der Waals surface area contributed by atoms with Crippen LogP contribution in [0.2, 0.25) is 0 Å². The number of carboxylic acid groups (broad SMARTS) is 1. The van der Waals surface area contributed by atoms with Gasteiger partial charge in [0.2, 0.25) is 0 Å². The van der Waals surface area contributed by atoms with Crippen molar-refractivity contribution in [1.29, 1.82) is 0 Å². The fourth-order valence-electron chi connectivity index (χ4n) is 2.97. The summed E-state index contributed by atoms with van der Waals surface area (Å²) >= 11 is 0. The smallest absolute Gasteiger partial charge is 0.356 e. The molecule has 1 fully saturated rings. The number of aromatic carboxylic acids is 1. The first kappa shape index (κ1) is 17.5. The van der Waals surface area contributed by atoms with Crippen LogP contribution >= 0.6 is 0 Å². The van der Waals surface area contributed by atoms with Crippen LogP contribution < -0.4 is 5.73 Å². The highest BCUT2D eigenvalue weighted by Gasteiger charge is 2.50. The zero-order chi connectivity index (χ0) is 18.4. The average Bonchev–Trinajstić information content (AvgIpc) is 3.03. The van der Waals surface area contributed by atoms with Crippen LogP contribution in [0.5, 0.6) is 0 Å². The molecule has 134 valence electrons. The zero-order valence-electron chi connectivity index (χ0n) is 14.1. The molecule has 0 bridgehead atoms. The van der Waals surface area contributed by atoms with Crippen LogP contribution in [0.1, 0.15) is 47.9 Å². The van der Waals surface area contributed by atoms with E-state index in [1.54, 1.807) is 13.8 Å². The molecule has 1 saturated carbocycles. The molecule has 2 aromatic heterocycles. The van der Waals surface area contributed by atoms with Crippen molar-refractivity contribution in [2.45, 2.75) is 38.1 Å². The Morgan fingerprint density at radius 2 is 2.20 bits per heavy atom. The van der Waals surface area contributed by atoms with Crippen LogP contribution in [0.25, 0.3) is 5.82 Å². The second-order valence-electron chi connectivity index (χ2n) is 7.21. The number of hydrogen-bond acceptors (Lipinski definition) is 5. The highest BCUT2D eigenvalue weighted by molar-refractivity contribution is 5.88. The van der Waals surface area contributed by atoms with E-state index in [1.807, 2.05) is 0 Å². The maximum atomic E-state index is 13.3. The lowest BCUT2D eigenvalue weighted by Crippen LogP contribution is -2.35. The number of hydrogen-bond donors (Lipinski definition) is 3. The number of carboxylic acids is 1. The van der Waals surface area contributed by atoms with Crippen LogP contribution in [-0.4, -0.2) is 43.1 Å². The van der Waals surface area contributed by atoms with Crippen molar-refractivity contribution in [3.05, 3.63) is 41.1 Å². The van der Waals surface area contributed by atoms with Crippen LogP contribution in [0.15, 0.2) is 18.3 Å². The molecule has 4 N–H and O–H groups in total. The van der Waals surface area contributed by atoms with E-state index in [0.29, 0.717) is 17.7 Å². The van der Waals surface area contributed by atoms with Gasteiger partial charge >= 0.3 is 5.97 Å². The number of rotatable bonds is 3. The number of pyridine rings is 1. The molecule has 0 radical (unpaired) electrons. The van der Waals surface area contributed by atoms with Crippen molar-refractivity contribution in [1.82, 2.24) is 14.8 Å². The van der Waals surface area contributed by atoms with E-state index in [4.69, 9.17) is 10.8 Å². The third-order valence-corrected chi connectivity index (χ3v) is 4.30. The second-order valence-corrected chi connectivity index (χ2v) is 7.21. The van der Waals surface area contributed by atoms with Gasteiger partial charge in [-0.2, -0.15) is 5.10 Å². The predicted molar refractivity (Wildman–Crippen MR) is 88.2 cm³/mol. The van der Waals surface area contributed by atoms with Crippen molar-refractivity contribution in [3.8, 4) is 5.82 Å². The monoisotopic (exact) mass is 348 g/mol. The minimum absolute atomic E-state index is 0.0486. The SMILES string of the molecule is CC(C)(N)CO.O=C(O)c1nn(-c2cc(F)ccn2)c2c1C[C@H]1C[C@@H]21. The lowest BCUT2D eigenvalue weighted by molar-refractivity contribution is 0.0688. The van der Waals surface area contributed by atoms with Crippen molar-refractivity contribution in [2.24, 2.45) is 11.7 Å². The summed E-state index contributed by atoms with van der Waals surface area (Å²) in [4.78, 5) is 15.3. The molecule has 0 spiro atoms. The average molecular weight is 348 g/mol. The van der Waals surface area contributed by atoms with Gasteiger partial charge in [-0.1, -0.05) is 0 Å². The third-order valence-electron chi connectivity index (χ3n) is 4.30. The highest BCUT2D eigenvalue weighted by atomic mass is 19.1. The van der Waals surface area contributed by atoms with Crippen LogP contribution in [0, 0.1) is 11.7 Å². The van der Waals surface area contributed by atoms with E-state index < -0.39 is 17.3 Å². The van der Waals surface area contributed by atoms with E-state index in [2.05, 4.69) is 10.1 Å². The van der Waals surface area contributed by atoms with Gasteiger partial charge in [-0.05, 0) is 38.7 Å². The summed E-state index contributed by atoms with van der Waals surface area (Å²) < 4.78 is 14.8. The van der Waals surface area contributed by atoms with Gasteiger partial charge in [0.05, 0.1) is 12.3 Å². The maximum absolute atomic E-state index is 13.3. The lowest BCUT2D eigenvalue weighted by atomic mass is 10.1. The van der Waals surface area contributed by atoms with Gasteiger partial charge in [0.1, 0.15) is 5.82 Å². The Bertz CT molecular complexity index is 813. The molecule has 0 aromatic carbocycles. The van der Waals surface area contributed by atoms with Gasteiger partial charge < -0.3 is 15.9 Å². The Balaban J connectivity index is 0.000000265. The van der Waals surface area contributed by atoms with Gasteiger partial charge in [-0.3, -0.25) is 0 Å². The first-order valence-corrected chi connectivity index (χ1v) is 8.08. The lowest BCUT2D eigenvalue weighted by Gasteiger charge is -2.12. The maximum Gasteiger partial charge on any atom is 0.356 e. The summed E-state index contributed by atoms with van der Waals surface area (Å²) in [5, 5.41) is 21.6. The zero-order valence-corrected chi connectivity index (χ0v) is 14.1. The predicted octanol–water partition coefficient (Wildman–Crippen LogP) is 1.48. The Morgan fingerprint density at radius 1 is 1.52 bits per heavy atom. The van der Waals surface area contributed by atoms with Crippen molar-refractivity contribution >= 4 is 5.97 Å². The second kappa shape index (κ2) is 6.20. The van der Waals surface area contributed by atoms with Gasteiger partial charge in [0.25, 0.3) is 0 Å². The number of aromatic nitrogens is 3. The molecule has 0 unspecified atom stereocenters. The summed E-state index contributed by atoms with van der Waals surface area (Å²) in [5.74, 6) is -0.202. The van der Waals surface area contributed by atoms with E-state index >= 15 is 0 Å². The fourth-order valence-corrected chi connectivity index (χ4v) is 2.97. The van der Waals surface area contributed by atoms with E-state index in [-0.39, 0.29) is 12.3 Å². The molecule has 8 heteroatoms. The minimum atomic E-state index is -1.03. The van der Waals surface area contributed by atoms with Gasteiger partial charge in [0.15, 0.2) is 11.5 Å². The number of nitrogens with two attached hydrogens (primary N) is 1. The van der Waals surface area contributed by atoms with Crippen molar-refractivity contribution in [2.75, 3.05) is 6.61 Å². The van der Waals surface area contributed by atoms with Crippen LogP contribution in [0.3, 0.4) is 0 Å². The van der Waals surface area contributed by atoms with Crippen molar-refractivity contribution in [3.63, 3.8) is 0 Å². The topological polar surface area (TPSA) is 114 Å². The number of fused-ring (bicyclic) bond motifs is 3. The molecule has 2 aliphatic carbocycles. The van der Waals surface area contributed by atoms with Crippen LogP contribution in [-0.2, 0) is 6.42 Å². The number of carbonyl (C=O) groups is 1. The van der Waals surface area contributed by atoms with Gasteiger partial charge in [-0.25, -0.2) is 18.9 Å². The van der Waals surface area contributed by atoms with Gasteiger partial charge in [-0.15, -0.1) is 0 Å². The molecule has 2 aliphatic rings. The largest absolute Gasteiger partial charge is 0.476 e. The molecule has 4 rings (SSSR count). The Labute approximate surface area is 144 Å². The highest BCUT2D eigenvalue weighted by Crippen LogP contribution is 2.57. The number of aliphatic hydroxyl groups excluding tert-OH is 1. The first-order chi connectivity index (χ1) is 11.7. The van der Waals surface area contributed by atoms with Crippen molar-refractivity contribution < 1.29 is 19.4 Å². The molecular formula is C17H21FN4O3. The summed E-state index contributed by atoms with van der Waals surface area (Å²) in [5.41, 5.74) is 6.65. The molecular weight excluding hydrogens is 327 g/mol. The minimum Gasteiger partial charge on any atom is -0.476 e. The molecule has 0 saturated heterocycles. The van der Waals surface area contributed by atoms with E-state index in [9.17, 15) is 14.3 Å². The molecule has 2 aromatic rings. The van der Waals surface area contributed by atoms with Crippen LogP contribution in [0.4, 0.5) is 4.39 Å². The normalized spacial score (nSPS) is 20.4. The standard InChI is InChI=1S/C13H10FN3O2.C4H11NO/c14-7-1-2-15-10(5-7)17-12-8-3-6(8)4-9(12)11(16-17)13(18)19;1-4(2,5)3-6/h1-2,5-6,8H,3-4H2,(H,18,19);6H,3,5H2,1-2H3/t6-,8-;/m1./s1. The quantitative estimate of drug-likeness (QED) is 0.774. The molecule has 7 nitrogen and oxygen atoms in total. The summed E-state index contributed by atoms with van der Waals surface area (Å²) in [6, 6.07) is 2.53. The molecule has 25 heavy (non-hydrogen) atoms. The Hall–Kier alpha value is -2.32. The Morgan fingerprint density at radius 3 is 2.76 bits per heavy atom. The molecule has 0 amide bonds. The third kappa shape index (κ3) is 3.54. The number of aliphatic hydroxyl groups is 1.